The van der Waals surface area contributed by atoms with Crippen LogP contribution >= 0.6 is 0 Å². The Labute approximate surface area is 150 Å². The van der Waals surface area contributed by atoms with Crippen molar-refractivity contribution in [1.29, 1.82) is 0 Å². The number of nitrogen functional groups attached to an aromatic ring is 1. The normalized spacial score (nSPS) is 12.9. The Morgan fingerprint density at radius 3 is 2.50 bits per heavy atom. The number of nitrogens with zero attached hydrogens (tertiary/aromatic N) is 1. The van der Waals surface area contributed by atoms with Crippen LogP contribution < -0.4 is 21.3 Å². The molecule has 2 aromatic rings. The molecular weight excluding hydrogens is 335 g/mol. The van der Waals surface area contributed by atoms with Gasteiger partial charge < -0.3 is 21.3 Å². The third-order valence-corrected chi connectivity index (χ3v) is 3.97. The fourth-order valence-corrected chi connectivity index (χ4v) is 2.70. The number of carbonyl (C=O) groups excluding carboxylic acids is 2. The molecule has 7 heteroatoms. The van der Waals surface area contributed by atoms with E-state index in [0.29, 0.717) is 29.2 Å². The van der Waals surface area contributed by atoms with Crippen LogP contribution in [0.5, 0.6) is 0 Å². The van der Waals surface area contributed by atoms with Crippen LogP contribution in [0.4, 0.5) is 27.1 Å². The van der Waals surface area contributed by atoms with E-state index in [2.05, 4.69) is 10.6 Å². The van der Waals surface area contributed by atoms with E-state index in [4.69, 9.17) is 5.73 Å². The Hall–Kier alpha value is -3.35. The Kier molecular flexibility index (Phi) is 4.88. The molecule has 0 spiro atoms. The topological polar surface area (TPSA) is 87.5 Å². The summed E-state index contributed by atoms with van der Waals surface area (Å²) in [5, 5.41) is 5.34. The molecule has 1 aliphatic rings. The van der Waals surface area contributed by atoms with Gasteiger partial charge in [0.1, 0.15) is 5.82 Å². The molecule has 6 nitrogen and oxygen atoms in total. The van der Waals surface area contributed by atoms with Crippen molar-refractivity contribution in [2.45, 2.75) is 13.3 Å². The van der Waals surface area contributed by atoms with Gasteiger partial charge in [-0.05, 0) is 36.8 Å². The minimum Gasteiger partial charge on any atom is -0.397 e. The summed E-state index contributed by atoms with van der Waals surface area (Å²) in [6.45, 7) is 2.09. The lowest BCUT2D eigenvalue weighted by molar-refractivity contribution is -0.114. The summed E-state index contributed by atoms with van der Waals surface area (Å²) in [7, 11) is 0. The quantitative estimate of drug-likeness (QED) is 0.735. The third-order valence-electron chi connectivity index (χ3n) is 3.97. The molecule has 0 unspecified atom stereocenters. The monoisotopic (exact) mass is 354 g/mol. The molecule has 0 aliphatic carbocycles. The Morgan fingerprint density at radius 1 is 1.15 bits per heavy atom. The van der Waals surface area contributed by atoms with Crippen LogP contribution in [0, 0.1) is 5.82 Å². The maximum Gasteiger partial charge on any atom is 0.255 e. The van der Waals surface area contributed by atoms with Gasteiger partial charge in [0.2, 0.25) is 5.91 Å². The molecule has 2 aromatic carbocycles. The molecule has 0 bridgehead atoms. The van der Waals surface area contributed by atoms with Crippen LogP contribution in [0.3, 0.4) is 0 Å². The van der Waals surface area contributed by atoms with Crippen LogP contribution in [-0.2, 0) is 4.79 Å². The van der Waals surface area contributed by atoms with Crippen LogP contribution in [0.15, 0.2) is 48.7 Å². The van der Waals surface area contributed by atoms with Gasteiger partial charge in [-0.2, -0.15) is 0 Å². The van der Waals surface area contributed by atoms with Gasteiger partial charge >= 0.3 is 0 Å². The number of nitrogens with one attached hydrogen (secondary N) is 2. The van der Waals surface area contributed by atoms with Crippen molar-refractivity contribution in [3.05, 3.63) is 60.1 Å². The third kappa shape index (κ3) is 3.83. The summed E-state index contributed by atoms with van der Waals surface area (Å²) in [6.07, 6.45) is 4.60. The zero-order chi connectivity index (χ0) is 18.7. The number of hydrogen-bond acceptors (Lipinski definition) is 4. The fraction of sp³-hybridized carbons (Fsp3) is 0.158. The standard InChI is InChI=1S/C19H19FN4O2/c1-12(25)22-14-6-4-13(5-7-14)19(26)23-17-11-18(15(20)10-16(17)21)24-8-2-3-9-24/h2,4-8,10-11H,3,9,21H2,1H3,(H,22,25)(H,23,26). The van der Waals surface area contributed by atoms with Crippen molar-refractivity contribution in [2.24, 2.45) is 0 Å². The zero-order valence-corrected chi connectivity index (χ0v) is 14.3. The van der Waals surface area contributed by atoms with Crippen molar-refractivity contribution >= 4 is 34.6 Å². The average molecular weight is 354 g/mol. The first-order valence-corrected chi connectivity index (χ1v) is 8.15. The molecular formula is C19H19FN4O2. The van der Waals surface area contributed by atoms with Gasteiger partial charge in [-0.1, -0.05) is 6.08 Å². The van der Waals surface area contributed by atoms with Gasteiger partial charge in [0, 0.05) is 37.0 Å². The van der Waals surface area contributed by atoms with Crippen LogP contribution in [0.1, 0.15) is 23.7 Å². The summed E-state index contributed by atoms with van der Waals surface area (Å²) < 4.78 is 14.2. The van der Waals surface area contributed by atoms with E-state index in [1.54, 1.807) is 35.4 Å². The van der Waals surface area contributed by atoms with E-state index in [9.17, 15) is 14.0 Å². The summed E-state index contributed by atoms with van der Waals surface area (Å²) in [5.41, 5.74) is 7.71. The van der Waals surface area contributed by atoms with Crippen molar-refractivity contribution in [3.63, 3.8) is 0 Å². The first-order valence-electron chi connectivity index (χ1n) is 8.15. The summed E-state index contributed by atoms with van der Waals surface area (Å²) in [4.78, 5) is 25.2. The van der Waals surface area contributed by atoms with Gasteiger partial charge in [0.15, 0.2) is 0 Å². The van der Waals surface area contributed by atoms with E-state index in [1.165, 1.54) is 19.1 Å². The lowest BCUT2D eigenvalue weighted by Crippen LogP contribution is -2.17. The molecule has 1 heterocycles. The number of amides is 2. The number of carbonyl (C=O) groups is 2. The molecule has 0 saturated carbocycles. The second-order valence-electron chi connectivity index (χ2n) is 5.97. The van der Waals surface area contributed by atoms with Gasteiger partial charge in [0.25, 0.3) is 5.91 Å². The molecule has 0 aromatic heterocycles. The maximum absolute atomic E-state index is 14.2. The number of rotatable bonds is 4. The van der Waals surface area contributed by atoms with E-state index >= 15 is 0 Å². The second kappa shape index (κ2) is 7.26. The zero-order valence-electron chi connectivity index (χ0n) is 14.3. The molecule has 0 radical (unpaired) electrons. The average Bonchev–Trinajstić information content (AvgIpc) is 3.11. The van der Waals surface area contributed by atoms with Crippen LogP contribution in [0.25, 0.3) is 0 Å². The first kappa shape index (κ1) is 17.5. The molecule has 0 fully saturated rings. The highest BCUT2D eigenvalue weighted by Gasteiger charge is 2.16. The van der Waals surface area contributed by atoms with Crippen molar-refractivity contribution in [2.75, 3.05) is 27.8 Å². The molecule has 3 rings (SSSR count). The SMILES string of the molecule is CC(=O)Nc1ccc(C(=O)Nc2cc(N3C=CCC3)c(F)cc2N)cc1. The van der Waals surface area contributed by atoms with Crippen molar-refractivity contribution in [3.8, 4) is 0 Å². The van der Waals surface area contributed by atoms with Crippen LogP contribution in [-0.4, -0.2) is 18.4 Å². The predicted molar refractivity (Wildman–Crippen MR) is 101 cm³/mol. The summed E-state index contributed by atoms with van der Waals surface area (Å²) in [5.74, 6) is -1.00. The molecule has 1 aliphatic heterocycles. The highest BCUT2D eigenvalue weighted by atomic mass is 19.1. The Morgan fingerprint density at radius 2 is 1.88 bits per heavy atom. The van der Waals surface area contributed by atoms with Gasteiger partial charge in [-0.15, -0.1) is 0 Å². The summed E-state index contributed by atoms with van der Waals surface area (Å²) in [6, 6.07) is 9.17. The van der Waals surface area contributed by atoms with Gasteiger partial charge in [-0.3, -0.25) is 9.59 Å². The largest absolute Gasteiger partial charge is 0.397 e. The minimum atomic E-state index is -0.438. The smallest absolute Gasteiger partial charge is 0.255 e. The lowest BCUT2D eigenvalue weighted by Gasteiger charge is -2.19. The van der Waals surface area contributed by atoms with Crippen LogP contribution in [0.2, 0.25) is 0 Å². The number of halogens is 1. The van der Waals surface area contributed by atoms with Crippen molar-refractivity contribution < 1.29 is 14.0 Å². The van der Waals surface area contributed by atoms with E-state index in [1.807, 2.05) is 6.08 Å². The second-order valence-corrected chi connectivity index (χ2v) is 5.97. The molecule has 0 atom stereocenters. The molecule has 0 saturated heterocycles. The van der Waals surface area contributed by atoms with Gasteiger partial charge in [-0.25, -0.2) is 4.39 Å². The molecule has 2 amide bonds. The highest BCUT2D eigenvalue weighted by Crippen LogP contribution is 2.31. The number of anilines is 4. The van der Waals surface area contributed by atoms with Crippen molar-refractivity contribution in [1.82, 2.24) is 0 Å². The van der Waals surface area contributed by atoms with Gasteiger partial charge in [0.05, 0.1) is 17.1 Å². The van der Waals surface area contributed by atoms with E-state index in [0.717, 1.165) is 6.42 Å². The number of nitrogens with two attached hydrogens (primary N) is 1. The number of benzene rings is 2. The fourth-order valence-electron chi connectivity index (χ4n) is 2.70. The minimum absolute atomic E-state index is 0.151. The highest BCUT2D eigenvalue weighted by molar-refractivity contribution is 6.06. The molecule has 4 N–H and O–H groups in total. The first-order chi connectivity index (χ1) is 12.4. The summed E-state index contributed by atoms with van der Waals surface area (Å²) >= 11 is 0. The molecule has 134 valence electrons. The van der Waals surface area contributed by atoms with E-state index < -0.39 is 5.82 Å². The number of hydrogen-bond donors (Lipinski definition) is 3. The lowest BCUT2D eigenvalue weighted by atomic mass is 10.1. The molecule has 26 heavy (non-hydrogen) atoms. The predicted octanol–water partition coefficient (Wildman–Crippen LogP) is 3.34. The maximum atomic E-state index is 14.2. The van der Waals surface area contributed by atoms with E-state index in [-0.39, 0.29) is 17.5 Å². The Bertz CT molecular complexity index is 878. The Balaban J connectivity index is 1.79.